The van der Waals surface area contributed by atoms with Crippen LogP contribution in [0, 0.1) is 0 Å². The highest BCUT2D eigenvalue weighted by Gasteiger charge is 2.30. The number of aromatic nitrogens is 3. The van der Waals surface area contributed by atoms with Crippen molar-refractivity contribution < 1.29 is 18.0 Å². The molecule has 0 atom stereocenters. The Morgan fingerprint density at radius 1 is 1.09 bits per heavy atom. The van der Waals surface area contributed by atoms with Gasteiger partial charge in [-0.25, -0.2) is 4.98 Å². The lowest BCUT2D eigenvalue weighted by atomic mass is 9.89. The summed E-state index contributed by atoms with van der Waals surface area (Å²) < 4.78 is 38.1. The minimum absolute atomic E-state index is 0.121. The Labute approximate surface area is 195 Å². The third-order valence-electron chi connectivity index (χ3n) is 5.68. The van der Waals surface area contributed by atoms with Gasteiger partial charge in [0.25, 0.3) is 5.91 Å². The van der Waals surface area contributed by atoms with Gasteiger partial charge in [-0.1, -0.05) is 23.8 Å². The number of nitrogens with zero attached hydrogens (tertiary/aromatic N) is 3. The van der Waals surface area contributed by atoms with Gasteiger partial charge in [0.05, 0.1) is 5.56 Å². The van der Waals surface area contributed by atoms with Gasteiger partial charge < -0.3 is 10.6 Å². The van der Waals surface area contributed by atoms with E-state index in [0.29, 0.717) is 11.5 Å². The number of hydrogen-bond acceptors (Lipinski definition) is 5. The summed E-state index contributed by atoms with van der Waals surface area (Å²) >= 11 is 0. The van der Waals surface area contributed by atoms with Crippen LogP contribution in [0.5, 0.6) is 0 Å². The molecule has 0 spiro atoms. The van der Waals surface area contributed by atoms with Crippen LogP contribution in [0.2, 0.25) is 0 Å². The highest BCUT2D eigenvalue weighted by Crippen LogP contribution is 2.29. The monoisotopic (exact) mass is 467 g/mol. The summed E-state index contributed by atoms with van der Waals surface area (Å²) in [6, 6.07) is 13.5. The number of carbonyl (C=O) groups is 1. The van der Waals surface area contributed by atoms with E-state index in [1.807, 2.05) is 24.3 Å². The minimum Gasteiger partial charge on any atom is -0.348 e. The smallest absolute Gasteiger partial charge is 0.348 e. The Morgan fingerprint density at radius 2 is 1.91 bits per heavy atom. The van der Waals surface area contributed by atoms with E-state index in [4.69, 9.17) is 0 Å². The van der Waals surface area contributed by atoms with Gasteiger partial charge in [-0.05, 0) is 74.1 Å². The zero-order valence-corrected chi connectivity index (χ0v) is 18.3. The number of pyridine rings is 1. The highest BCUT2D eigenvalue weighted by molar-refractivity contribution is 5.92. The maximum atomic E-state index is 12.7. The van der Waals surface area contributed by atoms with E-state index in [1.165, 1.54) is 17.8 Å². The van der Waals surface area contributed by atoms with Crippen LogP contribution in [-0.4, -0.2) is 27.1 Å². The first-order valence-corrected chi connectivity index (χ1v) is 11.0. The molecule has 1 saturated carbocycles. The van der Waals surface area contributed by atoms with E-state index in [2.05, 4.69) is 31.9 Å². The first-order chi connectivity index (χ1) is 16.4. The fourth-order valence-corrected chi connectivity index (χ4v) is 3.84. The molecule has 9 heteroatoms. The number of alkyl halides is 3. The first-order valence-electron chi connectivity index (χ1n) is 11.0. The topological polar surface area (TPSA) is 79.8 Å². The fraction of sp³-hybridized carbons (Fsp3) is 0.280. The number of carbonyl (C=O) groups excluding carboxylic acids is 1. The van der Waals surface area contributed by atoms with Gasteiger partial charge in [0.15, 0.2) is 5.69 Å². The number of anilines is 2. The molecule has 0 unspecified atom stereocenters. The van der Waals surface area contributed by atoms with E-state index in [9.17, 15) is 18.0 Å². The predicted molar refractivity (Wildman–Crippen MR) is 123 cm³/mol. The van der Waals surface area contributed by atoms with Gasteiger partial charge in [0.1, 0.15) is 5.82 Å². The Hall–Kier alpha value is -3.75. The van der Waals surface area contributed by atoms with E-state index >= 15 is 0 Å². The molecule has 1 amide bonds. The molecule has 0 saturated heterocycles. The van der Waals surface area contributed by atoms with Crippen LogP contribution >= 0.6 is 0 Å². The van der Waals surface area contributed by atoms with Crippen molar-refractivity contribution in [3.63, 3.8) is 0 Å². The SMILES string of the molecule is O=C(NC1CCC(=CCc2cccc(Nc3ccc(C(F)(F)F)cn3)c2)CC1)c1cccnn1. The lowest BCUT2D eigenvalue weighted by Crippen LogP contribution is -2.37. The van der Waals surface area contributed by atoms with Gasteiger partial charge in [-0.2, -0.15) is 18.3 Å². The summed E-state index contributed by atoms with van der Waals surface area (Å²) in [4.78, 5) is 16.1. The molecule has 2 aromatic heterocycles. The van der Waals surface area contributed by atoms with Crippen LogP contribution in [0.1, 0.15) is 47.3 Å². The van der Waals surface area contributed by atoms with Crippen LogP contribution in [0.3, 0.4) is 0 Å². The molecule has 1 aromatic carbocycles. The Morgan fingerprint density at radius 3 is 2.59 bits per heavy atom. The van der Waals surface area contributed by atoms with Crippen LogP contribution < -0.4 is 10.6 Å². The average Bonchev–Trinajstić information content (AvgIpc) is 2.84. The molecular formula is C25H24F3N5O. The van der Waals surface area contributed by atoms with Crippen molar-refractivity contribution in [1.82, 2.24) is 20.5 Å². The van der Waals surface area contributed by atoms with Crippen molar-refractivity contribution in [3.8, 4) is 0 Å². The summed E-state index contributed by atoms with van der Waals surface area (Å²) in [5.74, 6) is 0.155. The Kier molecular flexibility index (Phi) is 7.20. The van der Waals surface area contributed by atoms with Crippen molar-refractivity contribution in [1.29, 1.82) is 0 Å². The number of hydrogen-bond donors (Lipinski definition) is 2. The van der Waals surface area contributed by atoms with Crippen LogP contribution in [-0.2, 0) is 12.6 Å². The second kappa shape index (κ2) is 10.5. The van der Waals surface area contributed by atoms with Crippen molar-refractivity contribution in [2.24, 2.45) is 0 Å². The highest BCUT2D eigenvalue weighted by atomic mass is 19.4. The zero-order valence-electron chi connectivity index (χ0n) is 18.3. The number of rotatable bonds is 6. The average molecular weight is 467 g/mol. The fourth-order valence-electron chi connectivity index (χ4n) is 3.84. The molecule has 0 bridgehead atoms. The van der Waals surface area contributed by atoms with E-state index in [1.54, 1.807) is 12.1 Å². The van der Waals surface area contributed by atoms with Gasteiger partial charge in [0, 0.05) is 24.1 Å². The normalized spacial score (nSPS) is 16.1. The van der Waals surface area contributed by atoms with Crippen LogP contribution in [0.4, 0.5) is 24.7 Å². The molecular weight excluding hydrogens is 443 g/mol. The largest absolute Gasteiger partial charge is 0.417 e. The molecule has 3 aromatic rings. The van der Waals surface area contributed by atoms with Gasteiger partial charge in [-0.3, -0.25) is 4.79 Å². The van der Waals surface area contributed by atoms with E-state index < -0.39 is 11.7 Å². The van der Waals surface area contributed by atoms with Crippen LogP contribution in [0.25, 0.3) is 0 Å². The summed E-state index contributed by atoms with van der Waals surface area (Å²) in [7, 11) is 0. The van der Waals surface area contributed by atoms with Gasteiger partial charge in [-0.15, -0.1) is 5.10 Å². The number of halogens is 3. The van der Waals surface area contributed by atoms with Gasteiger partial charge >= 0.3 is 6.18 Å². The van der Waals surface area contributed by atoms with Crippen LogP contribution in [0.15, 0.2) is 72.6 Å². The van der Waals surface area contributed by atoms with Crippen molar-refractivity contribution in [2.75, 3.05) is 5.32 Å². The van der Waals surface area contributed by atoms with Crippen molar-refractivity contribution in [3.05, 3.63) is 89.4 Å². The van der Waals surface area contributed by atoms with E-state index in [0.717, 1.165) is 55.6 Å². The van der Waals surface area contributed by atoms with E-state index in [-0.39, 0.29) is 11.9 Å². The summed E-state index contributed by atoms with van der Waals surface area (Å²) in [6.45, 7) is 0. The molecule has 1 aliphatic rings. The Balaban J connectivity index is 1.28. The molecule has 0 radical (unpaired) electrons. The predicted octanol–water partition coefficient (Wildman–Crippen LogP) is 5.48. The third-order valence-corrected chi connectivity index (χ3v) is 5.68. The molecule has 4 rings (SSSR count). The molecule has 2 N–H and O–H groups in total. The maximum Gasteiger partial charge on any atom is 0.417 e. The molecule has 176 valence electrons. The third kappa shape index (κ3) is 6.40. The summed E-state index contributed by atoms with van der Waals surface area (Å²) in [6.07, 6.45) is 4.50. The quantitative estimate of drug-likeness (QED) is 0.470. The molecule has 1 fully saturated rings. The van der Waals surface area contributed by atoms with Crippen molar-refractivity contribution >= 4 is 17.4 Å². The van der Waals surface area contributed by atoms with Crippen molar-refractivity contribution in [2.45, 2.75) is 44.3 Å². The zero-order chi connectivity index (χ0) is 24.0. The lowest BCUT2D eigenvalue weighted by molar-refractivity contribution is -0.137. The molecule has 0 aliphatic heterocycles. The van der Waals surface area contributed by atoms with Gasteiger partial charge in [0.2, 0.25) is 0 Å². The standard InChI is InChI=1S/C25H24F3N5O/c26-25(27,28)19-10-13-23(29-16-19)31-21-4-1-3-18(15-21)7-6-17-8-11-20(12-9-17)32-24(34)22-5-2-14-30-33-22/h1-6,10,13-16,20H,7-9,11-12H2,(H,29,31)(H,32,34). The second-order valence-corrected chi connectivity index (χ2v) is 8.18. The second-order valence-electron chi connectivity index (χ2n) is 8.18. The number of amides is 1. The summed E-state index contributed by atoms with van der Waals surface area (Å²) in [5, 5.41) is 13.7. The molecule has 34 heavy (non-hydrogen) atoms. The maximum absolute atomic E-state index is 12.7. The Bertz CT molecular complexity index is 1140. The lowest BCUT2D eigenvalue weighted by Gasteiger charge is -2.24. The molecule has 6 nitrogen and oxygen atoms in total. The number of benzene rings is 1. The number of allylic oxidation sites excluding steroid dienone is 2. The summed E-state index contributed by atoms with van der Waals surface area (Å²) in [5.41, 5.74) is 2.75. The molecule has 1 aliphatic carbocycles. The number of nitrogens with one attached hydrogen (secondary N) is 2. The first kappa shape index (κ1) is 23.4. The minimum atomic E-state index is -4.40. The molecule has 2 heterocycles.